The molecular formula is C34H37ClN6O2S. The Balaban J connectivity index is 1.49. The van der Waals surface area contributed by atoms with Crippen molar-refractivity contribution in [2.75, 3.05) is 19.0 Å². The van der Waals surface area contributed by atoms with E-state index in [0.29, 0.717) is 35.3 Å². The van der Waals surface area contributed by atoms with Gasteiger partial charge in [0.15, 0.2) is 5.11 Å². The number of carbonyl (C=O) groups is 1. The van der Waals surface area contributed by atoms with Crippen LogP contribution in [0.25, 0.3) is 0 Å². The van der Waals surface area contributed by atoms with Gasteiger partial charge in [-0.3, -0.25) is 4.79 Å². The number of thiocarbonyl (C=S) groups is 1. The Kier molecular flexibility index (Phi) is 11.8. The first-order valence-electron chi connectivity index (χ1n) is 14.5. The number of halogens is 1. The lowest BCUT2D eigenvalue weighted by molar-refractivity contribution is -0.121. The van der Waals surface area contributed by atoms with Gasteiger partial charge >= 0.3 is 0 Å². The molecule has 0 aliphatic carbocycles. The molecule has 0 fully saturated rings. The van der Waals surface area contributed by atoms with Crippen molar-refractivity contribution in [1.29, 1.82) is 5.26 Å². The van der Waals surface area contributed by atoms with Gasteiger partial charge in [-0.15, -0.1) is 0 Å². The van der Waals surface area contributed by atoms with Gasteiger partial charge in [0.2, 0.25) is 5.91 Å². The summed E-state index contributed by atoms with van der Waals surface area (Å²) in [6, 6.07) is 24.6. The highest BCUT2D eigenvalue weighted by Gasteiger charge is 2.24. The van der Waals surface area contributed by atoms with Crippen LogP contribution in [0.1, 0.15) is 42.7 Å². The van der Waals surface area contributed by atoms with Gasteiger partial charge in [-0.25, -0.2) is 4.98 Å². The summed E-state index contributed by atoms with van der Waals surface area (Å²) >= 11 is 12.5. The van der Waals surface area contributed by atoms with Crippen LogP contribution in [0, 0.1) is 17.2 Å². The van der Waals surface area contributed by atoms with Crippen LogP contribution in [0.2, 0.25) is 5.02 Å². The molecule has 0 aliphatic heterocycles. The number of nitrogens with one attached hydrogen (secondary N) is 2. The van der Waals surface area contributed by atoms with Gasteiger partial charge < -0.3 is 24.8 Å². The van der Waals surface area contributed by atoms with E-state index in [-0.39, 0.29) is 24.3 Å². The SMILES string of the molecule is CC[C@H](C)[C@@H](CN(Cc1ccccc1Cl)C(=S)Nc1ccc(OC)cc1)NC(=O)Cc1cncn1Cc1ccc(C#N)cc1. The summed E-state index contributed by atoms with van der Waals surface area (Å²) in [7, 11) is 1.63. The number of ether oxygens (including phenoxy) is 1. The Morgan fingerprint density at radius 1 is 1.14 bits per heavy atom. The molecular weight excluding hydrogens is 592 g/mol. The second-order valence-corrected chi connectivity index (χ2v) is 11.5. The van der Waals surface area contributed by atoms with Gasteiger partial charge in [0.25, 0.3) is 0 Å². The Bertz CT molecular complexity index is 1580. The smallest absolute Gasteiger partial charge is 0.226 e. The number of hydrogen-bond acceptors (Lipinski definition) is 5. The van der Waals surface area contributed by atoms with Gasteiger partial charge in [0.05, 0.1) is 31.5 Å². The molecule has 3 aromatic carbocycles. The molecule has 1 heterocycles. The number of aromatic nitrogens is 2. The molecule has 0 bridgehead atoms. The molecule has 0 unspecified atom stereocenters. The summed E-state index contributed by atoms with van der Waals surface area (Å²) in [5, 5.41) is 16.9. The molecule has 228 valence electrons. The summed E-state index contributed by atoms with van der Waals surface area (Å²) in [6.07, 6.45) is 4.50. The zero-order chi connectivity index (χ0) is 31.5. The van der Waals surface area contributed by atoms with Crippen LogP contribution in [-0.2, 0) is 24.3 Å². The van der Waals surface area contributed by atoms with Crippen molar-refractivity contribution < 1.29 is 9.53 Å². The minimum Gasteiger partial charge on any atom is -0.497 e. The number of benzene rings is 3. The van der Waals surface area contributed by atoms with Crippen LogP contribution >= 0.6 is 23.8 Å². The molecule has 2 N–H and O–H groups in total. The van der Waals surface area contributed by atoms with Crippen molar-refractivity contribution >= 4 is 40.5 Å². The number of rotatable bonds is 13. The Hall–Kier alpha value is -4.39. The van der Waals surface area contributed by atoms with Crippen molar-refractivity contribution in [2.24, 2.45) is 5.92 Å². The van der Waals surface area contributed by atoms with Crippen molar-refractivity contribution in [3.8, 4) is 11.8 Å². The molecule has 1 aromatic heterocycles. The van der Waals surface area contributed by atoms with Gasteiger partial charge in [-0.05, 0) is 71.7 Å². The summed E-state index contributed by atoms with van der Waals surface area (Å²) in [5.74, 6) is 0.843. The third kappa shape index (κ3) is 9.06. The van der Waals surface area contributed by atoms with E-state index in [4.69, 9.17) is 33.8 Å². The monoisotopic (exact) mass is 628 g/mol. The Labute approximate surface area is 269 Å². The van der Waals surface area contributed by atoms with E-state index >= 15 is 0 Å². The van der Waals surface area contributed by atoms with E-state index in [9.17, 15) is 4.79 Å². The number of nitriles is 1. The minimum absolute atomic E-state index is 0.0939. The summed E-state index contributed by atoms with van der Waals surface area (Å²) in [4.78, 5) is 19.8. The fraction of sp³-hybridized carbons (Fsp3) is 0.294. The number of hydrogen-bond donors (Lipinski definition) is 2. The standard InChI is InChI=1S/C34H37ClN6O2S/c1-4-24(2)32(39-33(42)17-29-19-37-23-41(29)20-26-11-9-25(18-36)10-12-26)22-40(21-27-7-5-6-8-31(27)35)34(44)38-28-13-15-30(43-3)16-14-28/h5-16,19,23-24,32H,4,17,20-22H2,1-3H3,(H,38,44)(H,39,42)/t24-,32+/m0/s1. The number of nitrogens with zero attached hydrogens (tertiary/aromatic N) is 4. The maximum absolute atomic E-state index is 13.5. The van der Waals surface area contributed by atoms with E-state index in [0.717, 1.165) is 34.7 Å². The number of carbonyl (C=O) groups excluding carboxylic acids is 1. The lowest BCUT2D eigenvalue weighted by atomic mass is 9.98. The molecule has 44 heavy (non-hydrogen) atoms. The molecule has 1 amide bonds. The molecule has 0 saturated heterocycles. The highest BCUT2D eigenvalue weighted by atomic mass is 35.5. The van der Waals surface area contributed by atoms with Gasteiger partial charge in [-0.2, -0.15) is 5.26 Å². The molecule has 0 radical (unpaired) electrons. The zero-order valence-corrected chi connectivity index (χ0v) is 26.7. The average molecular weight is 629 g/mol. The topological polar surface area (TPSA) is 95.2 Å². The van der Waals surface area contributed by atoms with Gasteiger partial charge in [0, 0.05) is 48.3 Å². The maximum Gasteiger partial charge on any atom is 0.226 e. The van der Waals surface area contributed by atoms with Crippen molar-refractivity contribution in [3.05, 3.63) is 113 Å². The molecule has 4 rings (SSSR count). The average Bonchev–Trinajstić information content (AvgIpc) is 3.47. The highest BCUT2D eigenvalue weighted by molar-refractivity contribution is 7.80. The summed E-state index contributed by atoms with van der Waals surface area (Å²) < 4.78 is 7.24. The first-order chi connectivity index (χ1) is 21.3. The maximum atomic E-state index is 13.5. The van der Waals surface area contributed by atoms with Crippen molar-refractivity contribution in [1.82, 2.24) is 19.8 Å². The molecule has 0 spiro atoms. The van der Waals surface area contributed by atoms with E-state index in [2.05, 4.69) is 35.5 Å². The van der Waals surface area contributed by atoms with E-state index in [1.54, 1.807) is 31.8 Å². The fourth-order valence-electron chi connectivity index (χ4n) is 4.76. The van der Waals surface area contributed by atoms with Crippen LogP contribution in [0.5, 0.6) is 5.75 Å². The van der Waals surface area contributed by atoms with Crippen LogP contribution in [0.15, 0.2) is 85.3 Å². The number of amides is 1. The molecule has 8 nitrogen and oxygen atoms in total. The normalized spacial score (nSPS) is 12.1. The quantitative estimate of drug-likeness (QED) is 0.165. The zero-order valence-electron chi connectivity index (χ0n) is 25.2. The first-order valence-corrected chi connectivity index (χ1v) is 15.3. The number of methoxy groups -OCH3 is 1. The van der Waals surface area contributed by atoms with E-state index in [1.807, 2.05) is 70.1 Å². The van der Waals surface area contributed by atoms with Gasteiger partial charge in [-0.1, -0.05) is 62.2 Å². The molecule has 10 heteroatoms. The molecule has 4 aromatic rings. The van der Waals surface area contributed by atoms with Crippen LogP contribution in [0.4, 0.5) is 5.69 Å². The minimum atomic E-state index is -0.180. The summed E-state index contributed by atoms with van der Waals surface area (Å²) in [6.45, 7) is 5.76. The van der Waals surface area contributed by atoms with E-state index in [1.165, 1.54) is 0 Å². The van der Waals surface area contributed by atoms with Crippen LogP contribution in [0.3, 0.4) is 0 Å². The largest absolute Gasteiger partial charge is 0.497 e. The predicted octanol–water partition coefficient (Wildman–Crippen LogP) is 6.44. The number of anilines is 1. The predicted molar refractivity (Wildman–Crippen MR) is 179 cm³/mol. The highest BCUT2D eigenvalue weighted by Crippen LogP contribution is 2.21. The Morgan fingerprint density at radius 2 is 1.86 bits per heavy atom. The van der Waals surface area contributed by atoms with Crippen molar-refractivity contribution in [3.63, 3.8) is 0 Å². The lowest BCUT2D eigenvalue weighted by Gasteiger charge is -2.33. The van der Waals surface area contributed by atoms with Crippen molar-refractivity contribution in [2.45, 2.75) is 45.8 Å². The van der Waals surface area contributed by atoms with Crippen LogP contribution in [-0.4, -0.2) is 45.2 Å². The lowest BCUT2D eigenvalue weighted by Crippen LogP contribution is -2.50. The second-order valence-electron chi connectivity index (χ2n) is 10.7. The second kappa shape index (κ2) is 15.9. The third-order valence-corrected chi connectivity index (χ3v) is 8.35. The van der Waals surface area contributed by atoms with Crippen LogP contribution < -0.4 is 15.4 Å². The third-order valence-electron chi connectivity index (χ3n) is 7.62. The first kappa shape index (κ1) is 32.5. The molecule has 2 atom stereocenters. The Morgan fingerprint density at radius 3 is 2.52 bits per heavy atom. The molecule has 0 aliphatic rings. The summed E-state index contributed by atoms with van der Waals surface area (Å²) in [5.41, 5.74) is 4.21. The van der Waals surface area contributed by atoms with E-state index < -0.39 is 0 Å². The van der Waals surface area contributed by atoms with Gasteiger partial charge in [0.1, 0.15) is 5.75 Å². The number of imidazole rings is 1. The molecule has 0 saturated carbocycles. The fourth-order valence-corrected chi connectivity index (χ4v) is 5.21.